The normalized spacial score (nSPS) is 9.60. The summed E-state index contributed by atoms with van der Waals surface area (Å²) in [5, 5.41) is 0. The van der Waals surface area contributed by atoms with Gasteiger partial charge < -0.3 is 5.73 Å². The lowest BCUT2D eigenvalue weighted by Crippen LogP contribution is -1.96. The van der Waals surface area contributed by atoms with Crippen LogP contribution in [0.3, 0.4) is 0 Å². The Morgan fingerprint density at radius 3 is 2.73 bits per heavy atom. The average molecular weight is 274 g/mol. The van der Waals surface area contributed by atoms with Crippen molar-refractivity contribution in [3.05, 3.63) is 33.8 Å². The molecule has 0 aliphatic rings. The predicted octanol–water partition coefficient (Wildman–Crippen LogP) is 2.82. The van der Waals surface area contributed by atoms with Crippen molar-refractivity contribution in [1.29, 1.82) is 0 Å². The smallest absolute Gasteiger partial charge is 0.155 e. The zero-order chi connectivity index (χ0) is 11.3. The summed E-state index contributed by atoms with van der Waals surface area (Å²) in [6, 6.07) is 2.50. The van der Waals surface area contributed by atoms with Gasteiger partial charge in [0.15, 0.2) is 5.82 Å². The molecule has 0 bridgehead atoms. The maximum absolute atomic E-state index is 13.4. The van der Waals surface area contributed by atoms with Crippen LogP contribution in [0.15, 0.2) is 16.6 Å². The Morgan fingerprint density at radius 2 is 2.07 bits per heavy atom. The molecule has 0 aliphatic carbocycles. The summed E-state index contributed by atoms with van der Waals surface area (Å²) in [5.41, 5.74) is 5.08. The van der Waals surface area contributed by atoms with E-state index >= 15 is 0 Å². The van der Waals surface area contributed by atoms with E-state index in [1.165, 1.54) is 12.1 Å². The first-order chi connectivity index (χ1) is 7.16. The largest absolute Gasteiger partial charge is 0.330 e. The molecular formula is C11H10BrF2N. The molecule has 0 aliphatic heterocycles. The van der Waals surface area contributed by atoms with Gasteiger partial charge in [0.1, 0.15) is 5.82 Å². The minimum absolute atomic E-state index is 0.193. The zero-order valence-electron chi connectivity index (χ0n) is 7.99. The second-order valence-corrected chi connectivity index (χ2v) is 3.77. The van der Waals surface area contributed by atoms with Crippen molar-refractivity contribution in [3.8, 4) is 11.8 Å². The van der Waals surface area contributed by atoms with Gasteiger partial charge in [0, 0.05) is 6.42 Å². The maximum atomic E-state index is 13.4. The van der Waals surface area contributed by atoms with Crippen molar-refractivity contribution < 1.29 is 8.78 Å². The van der Waals surface area contributed by atoms with Crippen molar-refractivity contribution in [2.75, 3.05) is 6.54 Å². The van der Waals surface area contributed by atoms with Crippen LogP contribution in [0, 0.1) is 23.5 Å². The first-order valence-corrected chi connectivity index (χ1v) is 5.28. The van der Waals surface area contributed by atoms with Crippen molar-refractivity contribution >= 4 is 15.9 Å². The molecule has 15 heavy (non-hydrogen) atoms. The number of hydrogen-bond donors (Lipinski definition) is 1. The number of benzene rings is 1. The van der Waals surface area contributed by atoms with Gasteiger partial charge in [-0.25, -0.2) is 8.78 Å². The van der Waals surface area contributed by atoms with Crippen molar-refractivity contribution in [2.45, 2.75) is 12.8 Å². The number of unbranched alkanes of at least 4 members (excludes halogenated alkanes) is 1. The Labute approximate surface area is 95.8 Å². The van der Waals surface area contributed by atoms with Crippen LogP contribution in [0.4, 0.5) is 8.78 Å². The maximum Gasteiger partial charge on any atom is 0.155 e. The summed E-state index contributed by atoms with van der Waals surface area (Å²) in [4.78, 5) is 0. The molecule has 0 saturated heterocycles. The fraction of sp³-hybridized carbons (Fsp3) is 0.273. The highest BCUT2D eigenvalue weighted by molar-refractivity contribution is 9.10. The minimum atomic E-state index is -0.657. The molecule has 0 amide bonds. The lowest BCUT2D eigenvalue weighted by molar-refractivity contribution is 0.573. The molecule has 0 heterocycles. The van der Waals surface area contributed by atoms with E-state index in [-0.39, 0.29) is 10.0 Å². The third-order valence-corrected chi connectivity index (χ3v) is 2.38. The van der Waals surface area contributed by atoms with Gasteiger partial charge in [-0.1, -0.05) is 11.8 Å². The highest BCUT2D eigenvalue weighted by atomic mass is 79.9. The molecule has 0 atom stereocenters. The number of hydrogen-bond acceptors (Lipinski definition) is 1. The van der Waals surface area contributed by atoms with Gasteiger partial charge in [0.2, 0.25) is 0 Å². The van der Waals surface area contributed by atoms with E-state index < -0.39 is 11.6 Å². The van der Waals surface area contributed by atoms with Crippen LogP contribution in [-0.4, -0.2) is 6.54 Å². The number of rotatable bonds is 2. The zero-order valence-corrected chi connectivity index (χ0v) is 9.57. The lowest BCUT2D eigenvalue weighted by atomic mass is 10.2. The fourth-order valence-corrected chi connectivity index (χ4v) is 1.31. The van der Waals surface area contributed by atoms with E-state index in [0.717, 1.165) is 6.42 Å². The Bertz CT molecular complexity index is 407. The Kier molecular flexibility index (Phi) is 4.73. The van der Waals surface area contributed by atoms with Gasteiger partial charge >= 0.3 is 0 Å². The van der Waals surface area contributed by atoms with Gasteiger partial charge in [-0.05, 0) is 41.0 Å². The second kappa shape index (κ2) is 5.84. The van der Waals surface area contributed by atoms with Gasteiger partial charge in [-0.3, -0.25) is 0 Å². The molecule has 0 spiro atoms. The monoisotopic (exact) mass is 273 g/mol. The predicted molar refractivity (Wildman–Crippen MR) is 59.2 cm³/mol. The lowest BCUT2D eigenvalue weighted by Gasteiger charge is -1.98. The van der Waals surface area contributed by atoms with Crippen LogP contribution < -0.4 is 5.73 Å². The fourth-order valence-electron chi connectivity index (χ4n) is 0.983. The summed E-state index contributed by atoms with van der Waals surface area (Å²) < 4.78 is 26.7. The van der Waals surface area contributed by atoms with Crippen LogP contribution in [-0.2, 0) is 0 Å². The quantitative estimate of drug-likeness (QED) is 0.501. The molecule has 0 unspecified atom stereocenters. The molecule has 1 rings (SSSR count). The van der Waals surface area contributed by atoms with Crippen LogP contribution >= 0.6 is 15.9 Å². The first kappa shape index (κ1) is 12.2. The standard InChI is InChI=1S/C11H10BrF2N/c12-9-5-6-10(13)8(11(9)14)4-2-1-3-7-15/h5-6H,1,3,7,15H2. The third kappa shape index (κ3) is 3.29. The van der Waals surface area contributed by atoms with Crippen LogP contribution in [0.1, 0.15) is 18.4 Å². The molecule has 0 aromatic heterocycles. The topological polar surface area (TPSA) is 26.0 Å². The number of halogens is 3. The third-order valence-electron chi connectivity index (χ3n) is 1.76. The van der Waals surface area contributed by atoms with Crippen molar-refractivity contribution in [2.24, 2.45) is 5.73 Å². The Morgan fingerprint density at radius 1 is 1.33 bits per heavy atom. The van der Waals surface area contributed by atoms with Gasteiger partial charge in [-0.15, -0.1) is 0 Å². The Hall–Kier alpha value is -0.920. The van der Waals surface area contributed by atoms with Gasteiger partial charge in [0.05, 0.1) is 10.0 Å². The van der Waals surface area contributed by atoms with Crippen LogP contribution in [0.25, 0.3) is 0 Å². The summed E-state index contributed by atoms with van der Waals surface area (Å²) in [6.07, 6.45) is 1.27. The SMILES string of the molecule is NCCCC#Cc1c(F)ccc(Br)c1F. The van der Waals surface area contributed by atoms with E-state index in [9.17, 15) is 8.78 Å². The van der Waals surface area contributed by atoms with E-state index in [1.54, 1.807) is 0 Å². The van der Waals surface area contributed by atoms with Crippen molar-refractivity contribution in [1.82, 2.24) is 0 Å². The molecular weight excluding hydrogens is 264 g/mol. The molecule has 0 saturated carbocycles. The minimum Gasteiger partial charge on any atom is -0.330 e. The summed E-state index contributed by atoms with van der Waals surface area (Å²) in [5.74, 6) is 3.85. The summed E-state index contributed by atoms with van der Waals surface area (Å²) >= 11 is 2.97. The van der Waals surface area contributed by atoms with E-state index in [0.29, 0.717) is 13.0 Å². The number of nitrogens with two attached hydrogens (primary N) is 1. The molecule has 1 aromatic carbocycles. The van der Waals surface area contributed by atoms with Gasteiger partial charge in [-0.2, -0.15) is 0 Å². The molecule has 2 N–H and O–H groups in total. The second-order valence-electron chi connectivity index (χ2n) is 2.91. The van der Waals surface area contributed by atoms with E-state index in [1.807, 2.05) is 0 Å². The molecule has 80 valence electrons. The molecule has 0 fully saturated rings. The first-order valence-electron chi connectivity index (χ1n) is 4.49. The molecule has 4 heteroatoms. The highest BCUT2D eigenvalue weighted by Gasteiger charge is 2.09. The van der Waals surface area contributed by atoms with Crippen LogP contribution in [0.5, 0.6) is 0 Å². The van der Waals surface area contributed by atoms with E-state index in [2.05, 4.69) is 27.8 Å². The summed E-state index contributed by atoms with van der Waals surface area (Å²) in [7, 11) is 0. The summed E-state index contributed by atoms with van der Waals surface area (Å²) in [6.45, 7) is 0.526. The van der Waals surface area contributed by atoms with Crippen LogP contribution in [0.2, 0.25) is 0 Å². The molecule has 0 radical (unpaired) electrons. The molecule has 1 aromatic rings. The van der Waals surface area contributed by atoms with Gasteiger partial charge in [0.25, 0.3) is 0 Å². The van der Waals surface area contributed by atoms with E-state index in [4.69, 9.17) is 5.73 Å². The Balaban J connectivity index is 2.92. The highest BCUT2D eigenvalue weighted by Crippen LogP contribution is 2.20. The molecule has 1 nitrogen and oxygen atoms in total. The van der Waals surface area contributed by atoms with Crippen molar-refractivity contribution in [3.63, 3.8) is 0 Å². The average Bonchev–Trinajstić information content (AvgIpc) is 2.23.